The molecule has 0 saturated heterocycles. The van der Waals surface area contributed by atoms with Crippen LogP contribution in [-0.2, 0) is 16.4 Å². The molecule has 10 heteroatoms. The van der Waals surface area contributed by atoms with Crippen LogP contribution < -0.4 is 9.62 Å². The number of carbonyl (C=O) groups is 1. The molecular weight excluding hydrogens is 408 g/mol. The number of anilines is 2. The van der Waals surface area contributed by atoms with Gasteiger partial charge in [-0.05, 0) is 42.3 Å². The van der Waals surface area contributed by atoms with Gasteiger partial charge in [0.2, 0.25) is 0 Å². The molecule has 0 unspecified atom stereocenters. The minimum absolute atomic E-state index is 0.210. The first kappa shape index (κ1) is 19.5. The summed E-state index contributed by atoms with van der Waals surface area (Å²) in [5.74, 6) is -0.213. The van der Waals surface area contributed by atoms with Crippen LogP contribution in [0.4, 0.5) is 17.1 Å². The Kier molecular flexibility index (Phi) is 4.92. The predicted octanol–water partition coefficient (Wildman–Crippen LogP) is 2.99. The van der Waals surface area contributed by atoms with Crippen LogP contribution in [0, 0.1) is 10.1 Å². The lowest BCUT2D eigenvalue weighted by Gasteiger charge is -2.18. The van der Waals surface area contributed by atoms with Crippen LogP contribution in [0.1, 0.15) is 15.9 Å². The number of hydrogen-bond acceptors (Lipinski definition) is 6. The number of aromatic nitrogens is 1. The lowest BCUT2D eigenvalue weighted by atomic mass is 10.1. The summed E-state index contributed by atoms with van der Waals surface area (Å²) in [5, 5.41) is 11.2. The van der Waals surface area contributed by atoms with Gasteiger partial charge in [0.1, 0.15) is 0 Å². The highest BCUT2D eigenvalue weighted by Gasteiger charge is 2.28. The average Bonchev–Trinajstić information content (AvgIpc) is 3.16. The van der Waals surface area contributed by atoms with Gasteiger partial charge in [0, 0.05) is 36.3 Å². The molecule has 30 heavy (non-hydrogen) atoms. The van der Waals surface area contributed by atoms with E-state index in [1.54, 1.807) is 35.2 Å². The van der Waals surface area contributed by atoms with Crippen molar-refractivity contribution in [2.45, 2.75) is 11.3 Å². The van der Waals surface area contributed by atoms with Crippen molar-refractivity contribution < 1.29 is 18.1 Å². The number of nitro groups is 1. The van der Waals surface area contributed by atoms with Crippen molar-refractivity contribution in [3.63, 3.8) is 0 Å². The highest BCUT2D eigenvalue weighted by atomic mass is 32.2. The lowest BCUT2D eigenvalue weighted by Crippen LogP contribution is -2.28. The highest BCUT2D eigenvalue weighted by molar-refractivity contribution is 7.92. The van der Waals surface area contributed by atoms with E-state index in [0.29, 0.717) is 24.2 Å². The van der Waals surface area contributed by atoms with Crippen molar-refractivity contribution in [1.82, 2.24) is 4.98 Å². The number of benzene rings is 2. The number of nitrogens with zero attached hydrogens (tertiary/aromatic N) is 3. The zero-order chi connectivity index (χ0) is 21.3. The minimum Gasteiger partial charge on any atom is -0.308 e. The molecule has 0 atom stereocenters. The normalized spacial score (nSPS) is 13.0. The van der Waals surface area contributed by atoms with Crippen LogP contribution in [0.25, 0.3) is 0 Å². The van der Waals surface area contributed by atoms with E-state index in [0.717, 1.165) is 11.6 Å². The van der Waals surface area contributed by atoms with Gasteiger partial charge in [-0.3, -0.25) is 24.6 Å². The van der Waals surface area contributed by atoms with E-state index in [4.69, 9.17) is 0 Å². The smallest absolute Gasteiger partial charge is 0.289 e. The molecule has 0 spiro atoms. The Morgan fingerprint density at radius 2 is 1.83 bits per heavy atom. The second-order valence-corrected chi connectivity index (χ2v) is 8.27. The molecule has 4 rings (SSSR count). The highest BCUT2D eigenvalue weighted by Crippen LogP contribution is 2.33. The van der Waals surface area contributed by atoms with Crippen LogP contribution in [-0.4, -0.2) is 30.8 Å². The second-order valence-electron chi connectivity index (χ2n) is 6.62. The van der Waals surface area contributed by atoms with Crippen LogP contribution in [0.3, 0.4) is 0 Å². The average molecular weight is 424 g/mol. The topological polar surface area (TPSA) is 123 Å². The van der Waals surface area contributed by atoms with Crippen LogP contribution >= 0.6 is 0 Å². The molecule has 0 saturated carbocycles. The van der Waals surface area contributed by atoms with Crippen molar-refractivity contribution in [3.05, 3.63) is 88.2 Å². The van der Waals surface area contributed by atoms with Gasteiger partial charge in [0.25, 0.3) is 21.6 Å². The quantitative estimate of drug-likeness (QED) is 0.496. The summed E-state index contributed by atoms with van der Waals surface area (Å²) < 4.78 is 27.9. The zero-order valence-corrected chi connectivity index (χ0v) is 16.4. The van der Waals surface area contributed by atoms with Crippen molar-refractivity contribution in [3.8, 4) is 0 Å². The summed E-state index contributed by atoms with van der Waals surface area (Å²) >= 11 is 0. The van der Waals surface area contributed by atoms with Crippen molar-refractivity contribution in [2.24, 2.45) is 0 Å². The van der Waals surface area contributed by atoms with Gasteiger partial charge in [-0.25, -0.2) is 8.42 Å². The van der Waals surface area contributed by atoms with Gasteiger partial charge >= 0.3 is 0 Å². The van der Waals surface area contributed by atoms with Crippen LogP contribution in [0.2, 0.25) is 0 Å². The molecule has 0 aliphatic carbocycles. The van der Waals surface area contributed by atoms with E-state index >= 15 is 0 Å². The Bertz CT molecular complexity index is 1250. The fraction of sp³-hybridized carbons (Fsp3) is 0.100. The third kappa shape index (κ3) is 3.60. The molecule has 0 radical (unpaired) electrons. The number of fused-ring (bicyclic) bond motifs is 1. The van der Waals surface area contributed by atoms with Gasteiger partial charge in [0.05, 0.1) is 10.6 Å². The lowest BCUT2D eigenvalue weighted by molar-refractivity contribution is -0.387. The van der Waals surface area contributed by atoms with Crippen molar-refractivity contribution in [1.29, 1.82) is 0 Å². The maximum Gasteiger partial charge on any atom is 0.289 e. The molecule has 0 bridgehead atoms. The summed E-state index contributed by atoms with van der Waals surface area (Å²) in [6, 6.07) is 13.2. The first-order valence-electron chi connectivity index (χ1n) is 8.98. The fourth-order valence-electron chi connectivity index (χ4n) is 3.35. The summed E-state index contributed by atoms with van der Waals surface area (Å²) in [6.07, 6.45) is 3.70. The molecular formula is C20H16N4O5S. The molecule has 1 aliphatic rings. The number of rotatable bonds is 5. The first-order chi connectivity index (χ1) is 14.4. The van der Waals surface area contributed by atoms with E-state index in [-0.39, 0.29) is 11.6 Å². The second kappa shape index (κ2) is 7.56. The zero-order valence-electron chi connectivity index (χ0n) is 15.6. The molecule has 1 aromatic heterocycles. The number of hydrogen-bond donors (Lipinski definition) is 1. The van der Waals surface area contributed by atoms with Gasteiger partial charge in [-0.15, -0.1) is 0 Å². The minimum atomic E-state index is -4.20. The number of pyridine rings is 1. The van der Waals surface area contributed by atoms with Crippen LogP contribution in [0.15, 0.2) is 71.9 Å². The Morgan fingerprint density at radius 3 is 2.57 bits per heavy atom. The number of nitrogens with one attached hydrogen (secondary N) is 1. The Hall–Kier alpha value is -3.79. The van der Waals surface area contributed by atoms with Crippen LogP contribution in [0.5, 0.6) is 0 Å². The Labute approximate surface area is 172 Å². The van der Waals surface area contributed by atoms with E-state index in [2.05, 4.69) is 9.71 Å². The Morgan fingerprint density at radius 1 is 1.10 bits per heavy atom. The largest absolute Gasteiger partial charge is 0.308 e. The molecule has 0 fully saturated rings. The van der Waals surface area contributed by atoms with E-state index in [9.17, 15) is 23.3 Å². The molecule has 2 aromatic carbocycles. The maximum absolute atomic E-state index is 12.8. The summed E-state index contributed by atoms with van der Waals surface area (Å²) in [6.45, 7) is 0.469. The number of nitro benzene ring substituents is 1. The van der Waals surface area contributed by atoms with Gasteiger partial charge in [0.15, 0.2) is 4.90 Å². The summed E-state index contributed by atoms with van der Waals surface area (Å²) in [4.78, 5) is 28.3. The van der Waals surface area contributed by atoms with Crippen molar-refractivity contribution >= 4 is 33.0 Å². The molecule has 152 valence electrons. The third-order valence-corrected chi connectivity index (χ3v) is 6.19. The Balaban J connectivity index is 1.65. The van der Waals surface area contributed by atoms with E-state index in [1.807, 2.05) is 0 Å². The van der Waals surface area contributed by atoms with Gasteiger partial charge < -0.3 is 4.90 Å². The first-order valence-corrected chi connectivity index (χ1v) is 10.5. The molecule has 2 heterocycles. The maximum atomic E-state index is 12.8. The molecule has 1 N–H and O–H groups in total. The van der Waals surface area contributed by atoms with Gasteiger partial charge in [-0.1, -0.05) is 18.2 Å². The fourth-order valence-corrected chi connectivity index (χ4v) is 4.57. The molecule has 1 aliphatic heterocycles. The predicted molar refractivity (Wildman–Crippen MR) is 110 cm³/mol. The summed E-state index contributed by atoms with van der Waals surface area (Å²) in [5.41, 5.74) is 1.68. The molecule has 1 amide bonds. The summed E-state index contributed by atoms with van der Waals surface area (Å²) in [7, 11) is -4.20. The van der Waals surface area contributed by atoms with Crippen molar-refractivity contribution in [2.75, 3.05) is 16.2 Å². The number of carbonyl (C=O) groups excluding carboxylic acids is 1. The molecule has 9 nitrogen and oxygen atoms in total. The van der Waals surface area contributed by atoms with Gasteiger partial charge in [-0.2, -0.15) is 0 Å². The standard InChI is InChI=1S/C20H16N4O5S/c25-20(15-7-10-21-11-8-15)23-12-9-14-5-6-16(13-18(14)23)22-30(28,29)19-4-2-1-3-17(19)24(26)27/h1-8,10-11,13,22H,9,12H2. The third-order valence-electron chi connectivity index (χ3n) is 4.76. The molecule has 3 aromatic rings. The monoisotopic (exact) mass is 424 g/mol. The van der Waals surface area contributed by atoms with E-state index in [1.165, 1.54) is 30.6 Å². The number of amides is 1. The number of sulfonamides is 1. The number of para-hydroxylation sites is 1. The van der Waals surface area contributed by atoms with E-state index < -0.39 is 25.5 Å². The SMILES string of the molecule is O=C(c1ccncc1)N1CCc2ccc(NS(=O)(=O)c3ccccc3[N+](=O)[O-])cc21.